The number of imidazole rings is 1. The molecule has 0 aliphatic heterocycles. The van der Waals surface area contributed by atoms with E-state index in [0.717, 1.165) is 29.8 Å². The first kappa shape index (κ1) is 17.1. The molecule has 2 aromatic carbocycles. The topological polar surface area (TPSA) is 46.9 Å². The third-order valence-electron chi connectivity index (χ3n) is 4.45. The van der Waals surface area contributed by atoms with E-state index in [9.17, 15) is 9.18 Å². The molecule has 0 saturated heterocycles. The fourth-order valence-corrected chi connectivity index (χ4v) is 2.80. The molecule has 1 aromatic heterocycles. The largest absolute Gasteiger partial charge is 0.345 e. The van der Waals surface area contributed by atoms with Gasteiger partial charge in [-0.25, -0.2) is 9.37 Å². The number of amides is 1. The lowest BCUT2D eigenvalue weighted by Gasteiger charge is -2.14. The highest BCUT2D eigenvalue weighted by Crippen LogP contribution is 2.19. The number of aromatic nitrogens is 2. The monoisotopic (exact) mass is 339 g/mol. The molecule has 4 nitrogen and oxygen atoms in total. The third kappa shape index (κ3) is 3.71. The second kappa shape index (κ2) is 7.47. The number of fused-ring (bicyclic) bond motifs is 1. The summed E-state index contributed by atoms with van der Waals surface area (Å²) in [5.41, 5.74) is 2.01. The van der Waals surface area contributed by atoms with E-state index in [4.69, 9.17) is 0 Å². The number of nitrogens with one attached hydrogen (secondary N) is 1. The van der Waals surface area contributed by atoms with Gasteiger partial charge in [0.05, 0.1) is 23.1 Å². The molecule has 5 heteroatoms. The second-order valence-corrected chi connectivity index (χ2v) is 6.30. The van der Waals surface area contributed by atoms with E-state index in [2.05, 4.69) is 28.7 Å². The summed E-state index contributed by atoms with van der Waals surface area (Å²) in [5.74, 6) is 0.332. The number of carbonyl (C=O) groups is 1. The van der Waals surface area contributed by atoms with Crippen LogP contribution in [0, 0.1) is 11.7 Å². The maximum absolute atomic E-state index is 13.7. The van der Waals surface area contributed by atoms with Gasteiger partial charge in [0.15, 0.2) is 0 Å². The zero-order valence-electron chi connectivity index (χ0n) is 14.5. The molecule has 1 N–H and O–H groups in total. The van der Waals surface area contributed by atoms with Crippen molar-refractivity contribution in [2.75, 3.05) is 0 Å². The molecule has 0 aliphatic carbocycles. The van der Waals surface area contributed by atoms with Crippen molar-refractivity contribution < 1.29 is 9.18 Å². The zero-order chi connectivity index (χ0) is 17.8. The number of hydrogen-bond donors (Lipinski definition) is 1. The zero-order valence-corrected chi connectivity index (χ0v) is 14.5. The summed E-state index contributed by atoms with van der Waals surface area (Å²) in [4.78, 5) is 16.9. The van der Waals surface area contributed by atoms with Crippen LogP contribution < -0.4 is 5.32 Å². The van der Waals surface area contributed by atoms with Crippen LogP contribution in [0.4, 0.5) is 4.39 Å². The molecule has 0 radical (unpaired) electrons. The Morgan fingerprint density at radius 1 is 1.20 bits per heavy atom. The molecule has 3 aromatic rings. The minimum atomic E-state index is -0.520. The summed E-state index contributed by atoms with van der Waals surface area (Å²) in [7, 11) is 0. The van der Waals surface area contributed by atoms with Crippen LogP contribution in [0.25, 0.3) is 11.0 Å². The van der Waals surface area contributed by atoms with Gasteiger partial charge in [-0.05, 0) is 30.2 Å². The van der Waals surface area contributed by atoms with Crippen LogP contribution >= 0.6 is 0 Å². The first-order valence-corrected chi connectivity index (χ1v) is 8.57. The third-order valence-corrected chi connectivity index (χ3v) is 4.45. The smallest absolute Gasteiger partial charge is 0.254 e. The van der Waals surface area contributed by atoms with Crippen molar-refractivity contribution in [1.29, 1.82) is 0 Å². The van der Waals surface area contributed by atoms with Crippen molar-refractivity contribution in [3.63, 3.8) is 0 Å². The van der Waals surface area contributed by atoms with Crippen LogP contribution in [0.15, 0.2) is 48.5 Å². The molecule has 0 aliphatic rings. The van der Waals surface area contributed by atoms with E-state index >= 15 is 0 Å². The predicted molar refractivity (Wildman–Crippen MR) is 96.8 cm³/mol. The van der Waals surface area contributed by atoms with Gasteiger partial charge in [-0.15, -0.1) is 0 Å². The van der Waals surface area contributed by atoms with Crippen molar-refractivity contribution in [1.82, 2.24) is 14.9 Å². The number of halogens is 1. The van der Waals surface area contributed by atoms with Crippen molar-refractivity contribution in [3.8, 4) is 0 Å². The minimum absolute atomic E-state index is 0.0482. The van der Waals surface area contributed by atoms with E-state index in [0.29, 0.717) is 5.92 Å². The first-order valence-electron chi connectivity index (χ1n) is 8.57. The fourth-order valence-electron chi connectivity index (χ4n) is 2.80. The molecule has 1 atom stereocenters. The Morgan fingerprint density at radius 2 is 1.92 bits per heavy atom. The van der Waals surface area contributed by atoms with E-state index in [-0.39, 0.29) is 12.1 Å². The number of rotatable bonds is 6. The average Bonchev–Trinajstić information content (AvgIpc) is 2.97. The van der Waals surface area contributed by atoms with Gasteiger partial charge in [0, 0.05) is 6.54 Å². The number of hydrogen-bond acceptors (Lipinski definition) is 2. The van der Waals surface area contributed by atoms with Crippen LogP contribution in [0.2, 0.25) is 0 Å². The van der Waals surface area contributed by atoms with Gasteiger partial charge in [-0.3, -0.25) is 4.79 Å². The summed E-state index contributed by atoms with van der Waals surface area (Å²) >= 11 is 0. The Labute approximate surface area is 146 Å². The first-order chi connectivity index (χ1) is 12.1. The highest BCUT2D eigenvalue weighted by Gasteiger charge is 2.15. The van der Waals surface area contributed by atoms with Gasteiger partial charge in [0.25, 0.3) is 5.91 Å². The number of carbonyl (C=O) groups excluding carboxylic acids is 1. The van der Waals surface area contributed by atoms with Gasteiger partial charge < -0.3 is 9.88 Å². The molecule has 0 fully saturated rings. The molecule has 25 heavy (non-hydrogen) atoms. The highest BCUT2D eigenvalue weighted by molar-refractivity contribution is 5.94. The Morgan fingerprint density at radius 3 is 2.68 bits per heavy atom. The van der Waals surface area contributed by atoms with Gasteiger partial charge in [-0.1, -0.05) is 44.5 Å². The van der Waals surface area contributed by atoms with Crippen LogP contribution in [0.3, 0.4) is 0 Å². The SMILES string of the molecule is CCC(C)Cn1c(CNC(=O)c2ccccc2F)nc2ccccc21. The van der Waals surface area contributed by atoms with Crippen molar-refractivity contribution >= 4 is 16.9 Å². The van der Waals surface area contributed by atoms with Gasteiger partial charge in [0.1, 0.15) is 11.6 Å². The molecular formula is C20H22FN3O. The van der Waals surface area contributed by atoms with E-state index in [1.807, 2.05) is 24.3 Å². The number of para-hydroxylation sites is 2. The lowest BCUT2D eigenvalue weighted by atomic mass is 10.1. The maximum atomic E-state index is 13.7. The normalized spacial score (nSPS) is 12.3. The van der Waals surface area contributed by atoms with E-state index in [1.165, 1.54) is 12.1 Å². The summed E-state index contributed by atoms with van der Waals surface area (Å²) in [6, 6.07) is 13.9. The Kier molecular flexibility index (Phi) is 5.12. The van der Waals surface area contributed by atoms with Crippen LogP contribution in [-0.4, -0.2) is 15.5 Å². The van der Waals surface area contributed by atoms with Crippen molar-refractivity contribution in [2.24, 2.45) is 5.92 Å². The maximum Gasteiger partial charge on any atom is 0.254 e. The minimum Gasteiger partial charge on any atom is -0.345 e. The van der Waals surface area contributed by atoms with Crippen LogP contribution in [0.1, 0.15) is 36.5 Å². The average molecular weight is 339 g/mol. The van der Waals surface area contributed by atoms with Crippen molar-refractivity contribution in [3.05, 3.63) is 65.7 Å². The second-order valence-electron chi connectivity index (χ2n) is 6.30. The molecule has 130 valence electrons. The molecule has 1 unspecified atom stereocenters. The molecule has 0 spiro atoms. The molecule has 0 bridgehead atoms. The molecular weight excluding hydrogens is 317 g/mol. The molecule has 1 heterocycles. The summed E-state index contributed by atoms with van der Waals surface area (Å²) in [5, 5.41) is 2.79. The number of nitrogens with zero attached hydrogens (tertiary/aromatic N) is 2. The standard InChI is InChI=1S/C20H22FN3O/c1-3-14(2)13-24-18-11-7-6-10-17(18)23-19(24)12-22-20(25)15-8-4-5-9-16(15)21/h4-11,14H,3,12-13H2,1-2H3,(H,22,25). The lowest BCUT2D eigenvalue weighted by molar-refractivity contribution is 0.0945. The fraction of sp³-hybridized carbons (Fsp3) is 0.300. The highest BCUT2D eigenvalue weighted by atomic mass is 19.1. The quantitative estimate of drug-likeness (QED) is 0.733. The van der Waals surface area contributed by atoms with Gasteiger partial charge in [-0.2, -0.15) is 0 Å². The van der Waals surface area contributed by atoms with E-state index in [1.54, 1.807) is 12.1 Å². The van der Waals surface area contributed by atoms with Crippen molar-refractivity contribution in [2.45, 2.75) is 33.4 Å². The lowest BCUT2D eigenvalue weighted by Crippen LogP contribution is -2.26. The Hall–Kier alpha value is -2.69. The van der Waals surface area contributed by atoms with Gasteiger partial charge >= 0.3 is 0 Å². The Bertz CT molecular complexity index is 888. The van der Waals surface area contributed by atoms with Crippen LogP contribution in [0.5, 0.6) is 0 Å². The molecule has 3 rings (SSSR count). The van der Waals surface area contributed by atoms with Crippen LogP contribution in [-0.2, 0) is 13.1 Å². The molecule has 1 amide bonds. The van der Waals surface area contributed by atoms with E-state index < -0.39 is 11.7 Å². The number of benzene rings is 2. The predicted octanol–water partition coefficient (Wildman–Crippen LogP) is 4.15. The summed E-state index contributed by atoms with van der Waals surface area (Å²) in [6.45, 7) is 5.44. The summed E-state index contributed by atoms with van der Waals surface area (Å²) < 4.78 is 15.9. The Balaban J connectivity index is 1.84. The molecule has 0 saturated carbocycles. The van der Waals surface area contributed by atoms with Gasteiger partial charge in [0.2, 0.25) is 0 Å². The summed E-state index contributed by atoms with van der Waals surface area (Å²) in [6.07, 6.45) is 1.06.